The zero-order valence-corrected chi connectivity index (χ0v) is 22.1. The van der Waals surface area contributed by atoms with E-state index >= 15 is 0 Å². The highest BCUT2D eigenvalue weighted by Gasteiger charge is 2.45. The van der Waals surface area contributed by atoms with Crippen molar-refractivity contribution in [3.63, 3.8) is 0 Å². The molecule has 2 aliphatic heterocycles. The molecule has 0 unspecified atom stereocenters. The second-order valence-electron chi connectivity index (χ2n) is 9.83. The summed E-state index contributed by atoms with van der Waals surface area (Å²) in [6, 6.07) is 17.8. The molecule has 2 aliphatic rings. The van der Waals surface area contributed by atoms with E-state index in [1.54, 1.807) is 47.6 Å². The molecule has 39 heavy (non-hydrogen) atoms. The van der Waals surface area contributed by atoms with Crippen LogP contribution in [0, 0.1) is 6.92 Å². The molecule has 2 aromatic carbocycles. The molecule has 0 aliphatic carbocycles. The number of likely N-dealkylation sites (tertiary alicyclic amines) is 1. The SMILES string of the molecule is Cc1ccccc1COc1ccc(/C(O)=C2\C(=O)C(=O)N(CCCN3CCOCC3)[C@@H]2c2cccnc2)cc1. The van der Waals surface area contributed by atoms with Gasteiger partial charge in [-0.15, -0.1) is 0 Å². The predicted molar refractivity (Wildman–Crippen MR) is 147 cm³/mol. The molecule has 1 aromatic heterocycles. The third-order valence-corrected chi connectivity index (χ3v) is 7.30. The van der Waals surface area contributed by atoms with Crippen LogP contribution in [0.4, 0.5) is 0 Å². The number of carbonyl (C=O) groups is 2. The zero-order chi connectivity index (χ0) is 27.2. The van der Waals surface area contributed by atoms with Crippen molar-refractivity contribution in [2.24, 2.45) is 0 Å². The lowest BCUT2D eigenvalue weighted by Crippen LogP contribution is -2.39. The summed E-state index contributed by atoms with van der Waals surface area (Å²) in [5.74, 6) is -0.858. The highest BCUT2D eigenvalue weighted by atomic mass is 16.5. The Bertz CT molecular complexity index is 1330. The number of Topliss-reactive ketones (excluding diaryl/α,β-unsaturated/α-hetero) is 1. The number of aliphatic hydroxyl groups excluding tert-OH is 1. The lowest BCUT2D eigenvalue weighted by atomic mass is 9.96. The number of pyridine rings is 1. The van der Waals surface area contributed by atoms with Gasteiger partial charge in [0.2, 0.25) is 0 Å². The Kier molecular flexibility index (Phi) is 8.34. The van der Waals surface area contributed by atoms with E-state index in [0.717, 1.165) is 30.8 Å². The summed E-state index contributed by atoms with van der Waals surface area (Å²) in [7, 11) is 0. The summed E-state index contributed by atoms with van der Waals surface area (Å²) in [4.78, 5) is 34.5. The maximum atomic E-state index is 13.3. The van der Waals surface area contributed by atoms with Crippen molar-refractivity contribution in [1.82, 2.24) is 14.8 Å². The van der Waals surface area contributed by atoms with Gasteiger partial charge < -0.3 is 19.5 Å². The van der Waals surface area contributed by atoms with Crippen LogP contribution in [0.1, 0.15) is 34.7 Å². The molecule has 5 rings (SSSR count). The standard InChI is InChI=1S/C31H33N3O5/c1-22-6-2-3-7-25(22)21-39-26-11-9-23(10-12-26)29(35)27-28(24-8-4-13-32-20-24)34(31(37)30(27)36)15-5-14-33-16-18-38-19-17-33/h2-4,6-13,20,28,35H,5,14-19,21H2,1H3/b29-27+/t28-/m1/s1. The van der Waals surface area contributed by atoms with Crippen LogP contribution in [0.3, 0.4) is 0 Å². The molecular weight excluding hydrogens is 494 g/mol. The number of ketones is 1. The second kappa shape index (κ2) is 12.2. The summed E-state index contributed by atoms with van der Waals surface area (Å²) in [6.07, 6.45) is 3.99. The number of hydrogen-bond acceptors (Lipinski definition) is 7. The van der Waals surface area contributed by atoms with Crippen LogP contribution in [0.5, 0.6) is 5.75 Å². The van der Waals surface area contributed by atoms with Crippen molar-refractivity contribution in [2.45, 2.75) is 26.0 Å². The fraction of sp³-hybridized carbons (Fsp3) is 0.323. The molecule has 8 nitrogen and oxygen atoms in total. The minimum atomic E-state index is -0.708. The number of hydrogen-bond donors (Lipinski definition) is 1. The Morgan fingerprint density at radius 3 is 2.51 bits per heavy atom. The van der Waals surface area contributed by atoms with Gasteiger partial charge in [-0.1, -0.05) is 30.3 Å². The summed E-state index contributed by atoms with van der Waals surface area (Å²) in [6.45, 7) is 6.78. The smallest absolute Gasteiger partial charge is 0.295 e. The fourth-order valence-electron chi connectivity index (χ4n) is 5.08. The number of aliphatic hydroxyl groups is 1. The van der Waals surface area contributed by atoms with E-state index in [2.05, 4.69) is 9.88 Å². The number of ether oxygens (including phenoxy) is 2. The van der Waals surface area contributed by atoms with E-state index in [9.17, 15) is 14.7 Å². The van der Waals surface area contributed by atoms with Gasteiger partial charge in [-0.3, -0.25) is 19.5 Å². The van der Waals surface area contributed by atoms with E-state index in [0.29, 0.717) is 49.7 Å². The normalized spacial score (nSPS) is 19.4. The first kappa shape index (κ1) is 26.6. The fourth-order valence-corrected chi connectivity index (χ4v) is 5.08. The molecule has 0 spiro atoms. The van der Waals surface area contributed by atoms with Gasteiger partial charge in [0.25, 0.3) is 11.7 Å². The lowest BCUT2D eigenvalue weighted by molar-refractivity contribution is -0.140. The van der Waals surface area contributed by atoms with E-state index in [1.165, 1.54) is 0 Å². The van der Waals surface area contributed by atoms with Gasteiger partial charge in [0.1, 0.15) is 18.1 Å². The third-order valence-electron chi connectivity index (χ3n) is 7.30. The van der Waals surface area contributed by atoms with Crippen LogP contribution in [0.15, 0.2) is 78.6 Å². The summed E-state index contributed by atoms with van der Waals surface area (Å²) < 4.78 is 11.3. The zero-order valence-electron chi connectivity index (χ0n) is 22.1. The van der Waals surface area contributed by atoms with E-state index in [-0.39, 0.29) is 11.3 Å². The van der Waals surface area contributed by atoms with Gasteiger partial charge in [0, 0.05) is 44.1 Å². The maximum Gasteiger partial charge on any atom is 0.295 e. The van der Waals surface area contributed by atoms with Crippen molar-refractivity contribution >= 4 is 17.4 Å². The molecule has 0 radical (unpaired) electrons. The van der Waals surface area contributed by atoms with Gasteiger partial charge in [-0.2, -0.15) is 0 Å². The number of aryl methyl sites for hydroxylation is 1. The minimum absolute atomic E-state index is 0.0768. The van der Waals surface area contributed by atoms with Crippen molar-refractivity contribution in [2.75, 3.05) is 39.4 Å². The van der Waals surface area contributed by atoms with Gasteiger partial charge in [0.05, 0.1) is 24.8 Å². The van der Waals surface area contributed by atoms with Crippen molar-refractivity contribution in [1.29, 1.82) is 0 Å². The predicted octanol–water partition coefficient (Wildman–Crippen LogP) is 4.11. The first-order valence-electron chi connectivity index (χ1n) is 13.3. The maximum absolute atomic E-state index is 13.3. The van der Waals surface area contributed by atoms with E-state index < -0.39 is 17.7 Å². The van der Waals surface area contributed by atoms with Gasteiger partial charge in [-0.25, -0.2) is 0 Å². The van der Waals surface area contributed by atoms with Crippen LogP contribution >= 0.6 is 0 Å². The molecule has 2 fully saturated rings. The topological polar surface area (TPSA) is 92.2 Å². The molecule has 202 valence electrons. The molecule has 0 saturated carbocycles. The minimum Gasteiger partial charge on any atom is -0.507 e. The van der Waals surface area contributed by atoms with Gasteiger partial charge in [0.15, 0.2) is 0 Å². The highest BCUT2D eigenvalue weighted by Crippen LogP contribution is 2.39. The third kappa shape index (κ3) is 6.02. The first-order valence-corrected chi connectivity index (χ1v) is 13.3. The number of benzene rings is 2. The number of carbonyl (C=O) groups excluding carboxylic acids is 2. The molecule has 3 aromatic rings. The number of aromatic nitrogens is 1. The van der Waals surface area contributed by atoms with Crippen LogP contribution in [0.2, 0.25) is 0 Å². The Morgan fingerprint density at radius 2 is 1.79 bits per heavy atom. The van der Waals surface area contributed by atoms with Crippen LogP contribution in [-0.4, -0.2) is 71.0 Å². The molecular formula is C31H33N3O5. The van der Waals surface area contributed by atoms with Crippen LogP contribution in [-0.2, 0) is 20.9 Å². The summed E-state index contributed by atoms with van der Waals surface area (Å²) in [5.41, 5.74) is 3.45. The first-order chi connectivity index (χ1) is 19.0. The number of amides is 1. The van der Waals surface area contributed by atoms with Crippen molar-refractivity contribution in [3.05, 3.63) is 101 Å². The Hall–Kier alpha value is -4.01. The lowest BCUT2D eigenvalue weighted by Gasteiger charge is -2.29. The summed E-state index contributed by atoms with van der Waals surface area (Å²) in [5, 5.41) is 11.3. The average Bonchev–Trinajstić information content (AvgIpc) is 3.23. The molecule has 3 heterocycles. The number of nitrogens with zero attached hydrogens (tertiary/aromatic N) is 3. The van der Waals surface area contributed by atoms with Crippen molar-refractivity contribution in [3.8, 4) is 5.75 Å². The number of rotatable bonds is 9. The average molecular weight is 528 g/mol. The quantitative estimate of drug-likeness (QED) is 0.254. The highest BCUT2D eigenvalue weighted by molar-refractivity contribution is 6.46. The summed E-state index contributed by atoms with van der Waals surface area (Å²) >= 11 is 0. The molecule has 8 heteroatoms. The second-order valence-corrected chi connectivity index (χ2v) is 9.83. The Balaban J connectivity index is 1.36. The van der Waals surface area contributed by atoms with Gasteiger partial charge >= 0.3 is 0 Å². The van der Waals surface area contributed by atoms with E-state index in [4.69, 9.17) is 9.47 Å². The Labute approximate surface area is 228 Å². The molecule has 1 atom stereocenters. The largest absolute Gasteiger partial charge is 0.507 e. The van der Waals surface area contributed by atoms with Gasteiger partial charge in [-0.05, 0) is 60.4 Å². The molecule has 1 N–H and O–H groups in total. The molecule has 2 saturated heterocycles. The molecule has 0 bridgehead atoms. The monoisotopic (exact) mass is 527 g/mol. The van der Waals surface area contributed by atoms with Crippen LogP contribution in [0.25, 0.3) is 5.76 Å². The molecule has 1 amide bonds. The van der Waals surface area contributed by atoms with Crippen LogP contribution < -0.4 is 4.74 Å². The number of morpholine rings is 1. The Morgan fingerprint density at radius 1 is 1.03 bits per heavy atom. The van der Waals surface area contributed by atoms with Crippen molar-refractivity contribution < 1.29 is 24.2 Å². The van der Waals surface area contributed by atoms with E-state index in [1.807, 2.05) is 37.3 Å².